The third-order valence-electron chi connectivity index (χ3n) is 1.97. The second kappa shape index (κ2) is 4.96. The fourth-order valence-electron chi connectivity index (χ4n) is 1.45. The highest BCUT2D eigenvalue weighted by Gasteiger charge is 2.09. The molecule has 2 N–H and O–H groups in total. The molecule has 78 valence electrons. The van der Waals surface area contributed by atoms with Gasteiger partial charge in [0.25, 0.3) is 0 Å². The lowest BCUT2D eigenvalue weighted by Gasteiger charge is -2.11. The molecule has 0 amide bonds. The summed E-state index contributed by atoms with van der Waals surface area (Å²) in [5.41, 5.74) is 7.20. The van der Waals surface area contributed by atoms with E-state index in [9.17, 15) is 4.39 Å². The van der Waals surface area contributed by atoms with Gasteiger partial charge in [0.2, 0.25) is 0 Å². The average Bonchev–Trinajstić information content (AvgIpc) is 2.11. The molecule has 0 radical (unpaired) electrons. The number of benzene rings is 1. The van der Waals surface area contributed by atoms with E-state index in [0.29, 0.717) is 25.3 Å². The summed E-state index contributed by atoms with van der Waals surface area (Å²) in [5, 5.41) is 0. The molecule has 0 aliphatic rings. The molecule has 0 spiro atoms. The van der Waals surface area contributed by atoms with Crippen LogP contribution in [0.3, 0.4) is 0 Å². The maximum Gasteiger partial charge on any atom is 0.165 e. The lowest BCUT2D eigenvalue weighted by atomic mass is 10.1. The second-order valence-corrected chi connectivity index (χ2v) is 3.21. The molecule has 0 aromatic heterocycles. The fraction of sp³-hybridized carbons (Fsp3) is 0.455. The number of nitrogens with two attached hydrogens (primary N) is 1. The van der Waals surface area contributed by atoms with Gasteiger partial charge in [0.05, 0.1) is 6.61 Å². The maximum absolute atomic E-state index is 13.5. The summed E-state index contributed by atoms with van der Waals surface area (Å²) < 4.78 is 18.7. The van der Waals surface area contributed by atoms with Crippen molar-refractivity contribution in [1.29, 1.82) is 0 Å². The van der Waals surface area contributed by atoms with Crippen LogP contribution in [0, 0.1) is 12.7 Å². The van der Waals surface area contributed by atoms with Crippen LogP contribution in [0.25, 0.3) is 0 Å². The minimum atomic E-state index is -0.296. The standard InChI is InChI=1S/C11H16FNO/c1-3-14-11-9(4-5-13)6-8(2)7-10(11)12/h6-7H,3-5,13H2,1-2H3. The van der Waals surface area contributed by atoms with Crippen molar-refractivity contribution in [2.45, 2.75) is 20.3 Å². The van der Waals surface area contributed by atoms with Crippen molar-refractivity contribution in [3.05, 3.63) is 29.1 Å². The molecule has 0 atom stereocenters. The van der Waals surface area contributed by atoms with Crippen molar-refractivity contribution in [1.82, 2.24) is 0 Å². The molecule has 0 unspecified atom stereocenters. The van der Waals surface area contributed by atoms with Crippen LogP contribution >= 0.6 is 0 Å². The van der Waals surface area contributed by atoms with Gasteiger partial charge in [-0.2, -0.15) is 0 Å². The van der Waals surface area contributed by atoms with Crippen LogP contribution in [0.4, 0.5) is 4.39 Å². The Hall–Kier alpha value is -1.09. The number of hydrogen-bond donors (Lipinski definition) is 1. The van der Waals surface area contributed by atoms with Gasteiger partial charge < -0.3 is 10.5 Å². The smallest absolute Gasteiger partial charge is 0.165 e. The van der Waals surface area contributed by atoms with Crippen LogP contribution in [0.2, 0.25) is 0 Å². The molecule has 0 saturated carbocycles. The molecule has 1 aromatic rings. The van der Waals surface area contributed by atoms with Crippen LogP contribution < -0.4 is 10.5 Å². The Morgan fingerprint density at radius 1 is 1.43 bits per heavy atom. The molecule has 0 heterocycles. The highest BCUT2D eigenvalue weighted by atomic mass is 19.1. The molecule has 0 fully saturated rings. The van der Waals surface area contributed by atoms with Crippen molar-refractivity contribution in [2.24, 2.45) is 5.73 Å². The van der Waals surface area contributed by atoms with E-state index in [1.54, 1.807) is 0 Å². The van der Waals surface area contributed by atoms with E-state index >= 15 is 0 Å². The normalized spacial score (nSPS) is 10.3. The quantitative estimate of drug-likeness (QED) is 0.801. The minimum absolute atomic E-state index is 0.296. The number of rotatable bonds is 4. The first-order chi connectivity index (χ1) is 6.69. The number of aryl methyl sites for hydroxylation is 1. The summed E-state index contributed by atoms with van der Waals surface area (Å²) in [4.78, 5) is 0. The van der Waals surface area contributed by atoms with Crippen LogP contribution in [-0.2, 0) is 6.42 Å². The minimum Gasteiger partial charge on any atom is -0.491 e. The molecule has 1 rings (SSSR count). The zero-order valence-electron chi connectivity index (χ0n) is 8.64. The highest BCUT2D eigenvalue weighted by molar-refractivity contribution is 5.38. The van der Waals surface area contributed by atoms with E-state index in [1.807, 2.05) is 19.9 Å². The Kier molecular flexibility index (Phi) is 3.89. The van der Waals surface area contributed by atoms with E-state index in [-0.39, 0.29) is 5.82 Å². The molecule has 2 nitrogen and oxygen atoms in total. The summed E-state index contributed by atoms with van der Waals surface area (Å²) in [5.74, 6) is 0.0545. The SMILES string of the molecule is CCOc1c(F)cc(C)cc1CCN. The topological polar surface area (TPSA) is 35.2 Å². The van der Waals surface area contributed by atoms with Gasteiger partial charge in [-0.05, 0) is 44.0 Å². The first-order valence-corrected chi connectivity index (χ1v) is 4.81. The average molecular weight is 197 g/mol. The van der Waals surface area contributed by atoms with Crippen molar-refractivity contribution in [3.63, 3.8) is 0 Å². The van der Waals surface area contributed by atoms with Gasteiger partial charge in [-0.15, -0.1) is 0 Å². The summed E-state index contributed by atoms with van der Waals surface area (Å²) in [7, 11) is 0. The highest BCUT2D eigenvalue weighted by Crippen LogP contribution is 2.24. The Labute approximate surface area is 83.9 Å². The third-order valence-corrected chi connectivity index (χ3v) is 1.97. The van der Waals surface area contributed by atoms with Crippen molar-refractivity contribution in [3.8, 4) is 5.75 Å². The molecule has 0 aliphatic heterocycles. The Morgan fingerprint density at radius 2 is 2.14 bits per heavy atom. The molecular formula is C11H16FNO. The van der Waals surface area contributed by atoms with Gasteiger partial charge in [0, 0.05) is 0 Å². The van der Waals surface area contributed by atoms with Crippen molar-refractivity contribution < 1.29 is 9.13 Å². The van der Waals surface area contributed by atoms with E-state index in [2.05, 4.69) is 0 Å². The molecule has 0 bridgehead atoms. The predicted molar refractivity (Wildman–Crippen MR) is 55.1 cm³/mol. The summed E-state index contributed by atoms with van der Waals surface area (Å²) in [6.07, 6.45) is 0.647. The molecule has 1 aromatic carbocycles. The van der Waals surface area contributed by atoms with E-state index < -0.39 is 0 Å². The Morgan fingerprint density at radius 3 is 2.71 bits per heavy atom. The summed E-state index contributed by atoms with van der Waals surface area (Å²) >= 11 is 0. The third kappa shape index (κ3) is 2.45. The first kappa shape index (κ1) is 11.0. The second-order valence-electron chi connectivity index (χ2n) is 3.21. The Balaban J connectivity index is 3.07. The molecule has 14 heavy (non-hydrogen) atoms. The zero-order valence-corrected chi connectivity index (χ0v) is 8.64. The van der Waals surface area contributed by atoms with Gasteiger partial charge in [-0.25, -0.2) is 4.39 Å². The fourth-order valence-corrected chi connectivity index (χ4v) is 1.45. The van der Waals surface area contributed by atoms with Crippen molar-refractivity contribution in [2.75, 3.05) is 13.2 Å². The lowest BCUT2D eigenvalue weighted by Crippen LogP contribution is -2.07. The Bertz CT molecular complexity index is 312. The van der Waals surface area contributed by atoms with Gasteiger partial charge in [-0.1, -0.05) is 6.07 Å². The summed E-state index contributed by atoms with van der Waals surface area (Å²) in [6.45, 7) is 4.67. The maximum atomic E-state index is 13.5. The van der Waals surface area contributed by atoms with E-state index in [1.165, 1.54) is 6.07 Å². The van der Waals surface area contributed by atoms with E-state index in [4.69, 9.17) is 10.5 Å². The summed E-state index contributed by atoms with van der Waals surface area (Å²) in [6, 6.07) is 3.39. The predicted octanol–water partition coefficient (Wildman–Crippen LogP) is 2.03. The molecule has 0 aliphatic carbocycles. The van der Waals surface area contributed by atoms with Gasteiger partial charge in [0.15, 0.2) is 11.6 Å². The molecule has 3 heteroatoms. The largest absolute Gasteiger partial charge is 0.491 e. The number of halogens is 1. The van der Waals surface area contributed by atoms with Gasteiger partial charge >= 0.3 is 0 Å². The number of hydrogen-bond acceptors (Lipinski definition) is 2. The van der Waals surface area contributed by atoms with Crippen LogP contribution in [0.5, 0.6) is 5.75 Å². The lowest BCUT2D eigenvalue weighted by molar-refractivity contribution is 0.317. The monoisotopic (exact) mass is 197 g/mol. The van der Waals surface area contributed by atoms with Crippen molar-refractivity contribution >= 4 is 0 Å². The molecule has 0 saturated heterocycles. The van der Waals surface area contributed by atoms with E-state index in [0.717, 1.165) is 11.1 Å². The first-order valence-electron chi connectivity index (χ1n) is 4.81. The molecular weight excluding hydrogens is 181 g/mol. The van der Waals surface area contributed by atoms with Gasteiger partial charge in [-0.3, -0.25) is 0 Å². The van der Waals surface area contributed by atoms with Gasteiger partial charge in [0.1, 0.15) is 0 Å². The van der Waals surface area contributed by atoms with Crippen LogP contribution in [-0.4, -0.2) is 13.2 Å². The number of ether oxygens (including phenoxy) is 1. The zero-order chi connectivity index (χ0) is 10.6. The van der Waals surface area contributed by atoms with Crippen LogP contribution in [0.1, 0.15) is 18.1 Å². The van der Waals surface area contributed by atoms with Crippen LogP contribution in [0.15, 0.2) is 12.1 Å².